The lowest BCUT2D eigenvalue weighted by atomic mass is 10.3. The third kappa shape index (κ3) is 2.51. The SMILES string of the molecule is CCC(C)OCc1nc(Cl)c2ccsc2n1. The number of nitrogens with zero attached hydrogens (tertiary/aromatic N) is 2. The first-order valence-corrected chi connectivity index (χ1v) is 6.47. The molecule has 2 heterocycles. The van der Waals surface area contributed by atoms with Crippen LogP contribution < -0.4 is 0 Å². The first-order chi connectivity index (χ1) is 7.70. The Morgan fingerprint density at radius 2 is 2.31 bits per heavy atom. The number of thiophene rings is 1. The van der Waals surface area contributed by atoms with Crippen LogP contribution in [-0.4, -0.2) is 16.1 Å². The third-order valence-corrected chi connectivity index (χ3v) is 3.49. The molecule has 0 aliphatic rings. The lowest BCUT2D eigenvalue weighted by Gasteiger charge is -2.09. The van der Waals surface area contributed by atoms with E-state index in [2.05, 4.69) is 16.9 Å². The largest absolute Gasteiger partial charge is 0.371 e. The lowest BCUT2D eigenvalue weighted by molar-refractivity contribution is 0.0469. The number of fused-ring (bicyclic) bond motifs is 1. The van der Waals surface area contributed by atoms with E-state index in [-0.39, 0.29) is 6.10 Å². The van der Waals surface area contributed by atoms with Crippen molar-refractivity contribution in [1.29, 1.82) is 0 Å². The lowest BCUT2D eigenvalue weighted by Crippen LogP contribution is -2.08. The summed E-state index contributed by atoms with van der Waals surface area (Å²) in [7, 11) is 0. The second-order valence-electron chi connectivity index (χ2n) is 3.60. The van der Waals surface area contributed by atoms with Crippen LogP contribution in [0.25, 0.3) is 10.2 Å². The fourth-order valence-corrected chi connectivity index (χ4v) is 2.35. The summed E-state index contributed by atoms with van der Waals surface area (Å²) in [5.74, 6) is 0.653. The highest BCUT2D eigenvalue weighted by Gasteiger charge is 2.08. The van der Waals surface area contributed by atoms with Crippen molar-refractivity contribution in [2.45, 2.75) is 33.0 Å². The van der Waals surface area contributed by atoms with Crippen LogP contribution in [0, 0.1) is 0 Å². The Bertz CT molecular complexity index is 486. The van der Waals surface area contributed by atoms with Gasteiger partial charge in [0.15, 0.2) is 5.82 Å². The molecule has 3 nitrogen and oxygen atoms in total. The maximum absolute atomic E-state index is 6.05. The number of ether oxygens (including phenoxy) is 1. The number of halogens is 1. The normalized spacial score (nSPS) is 13.2. The molecule has 0 aliphatic carbocycles. The molecule has 0 fully saturated rings. The van der Waals surface area contributed by atoms with Crippen molar-refractivity contribution in [3.8, 4) is 0 Å². The van der Waals surface area contributed by atoms with Gasteiger partial charge in [0.25, 0.3) is 0 Å². The second kappa shape index (κ2) is 5.08. The van der Waals surface area contributed by atoms with E-state index in [9.17, 15) is 0 Å². The Morgan fingerprint density at radius 3 is 3.06 bits per heavy atom. The quantitative estimate of drug-likeness (QED) is 0.783. The van der Waals surface area contributed by atoms with Gasteiger partial charge in [0.05, 0.1) is 6.10 Å². The van der Waals surface area contributed by atoms with E-state index in [1.54, 1.807) is 11.3 Å². The minimum absolute atomic E-state index is 0.224. The van der Waals surface area contributed by atoms with Gasteiger partial charge in [0.2, 0.25) is 0 Å². The molecule has 0 saturated carbocycles. The van der Waals surface area contributed by atoms with Crippen molar-refractivity contribution >= 4 is 33.2 Å². The molecule has 16 heavy (non-hydrogen) atoms. The van der Waals surface area contributed by atoms with Crippen molar-refractivity contribution in [3.05, 3.63) is 22.4 Å². The van der Waals surface area contributed by atoms with Crippen molar-refractivity contribution in [2.24, 2.45) is 0 Å². The fraction of sp³-hybridized carbons (Fsp3) is 0.455. The summed E-state index contributed by atoms with van der Waals surface area (Å²) >= 11 is 7.62. The average Bonchev–Trinajstić information content (AvgIpc) is 2.74. The number of hydrogen-bond donors (Lipinski definition) is 0. The van der Waals surface area contributed by atoms with Crippen molar-refractivity contribution in [2.75, 3.05) is 0 Å². The summed E-state index contributed by atoms with van der Waals surface area (Å²) in [6, 6.07) is 1.93. The highest BCUT2D eigenvalue weighted by atomic mass is 35.5. The first-order valence-electron chi connectivity index (χ1n) is 5.22. The molecular weight excluding hydrogens is 244 g/mol. The Balaban J connectivity index is 2.18. The van der Waals surface area contributed by atoms with Crippen LogP contribution in [0.2, 0.25) is 5.15 Å². The molecule has 0 spiro atoms. The van der Waals surface area contributed by atoms with Gasteiger partial charge in [0, 0.05) is 5.39 Å². The predicted molar refractivity (Wildman–Crippen MR) is 67.0 cm³/mol. The Hall–Kier alpha value is -0.710. The fourth-order valence-electron chi connectivity index (χ4n) is 1.26. The topological polar surface area (TPSA) is 35.0 Å². The molecular formula is C11H13ClN2OS. The highest BCUT2D eigenvalue weighted by molar-refractivity contribution is 7.16. The molecule has 0 saturated heterocycles. The minimum Gasteiger partial charge on any atom is -0.371 e. The molecule has 86 valence electrons. The van der Waals surface area contributed by atoms with Crippen LogP contribution in [0.15, 0.2) is 11.4 Å². The maximum atomic E-state index is 6.05. The second-order valence-corrected chi connectivity index (χ2v) is 4.85. The summed E-state index contributed by atoms with van der Waals surface area (Å²) in [4.78, 5) is 9.54. The molecule has 0 amide bonds. The van der Waals surface area contributed by atoms with Crippen molar-refractivity contribution < 1.29 is 4.74 Å². The molecule has 1 atom stereocenters. The smallest absolute Gasteiger partial charge is 0.157 e. The standard InChI is InChI=1S/C11H13ClN2OS/c1-3-7(2)15-6-9-13-10(12)8-4-5-16-11(8)14-9/h4-5,7H,3,6H2,1-2H3. The molecule has 0 radical (unpaired) electrons. The van der Waals surface area contributed by atoms with Gasteiger partial charge < -0.3 is 4.74 Å². The third-order valence-electron chi connectivity index (χ3n) is 2.40. The van der Waals surface area contributed by atoms with Crippen LogP contribution in [-0.2, 0) is 11.3 Å². The van der Waals surface area contributed by atoms with Crippen LogP contribution in [0.1, 0.15) is 26.1 Å². The van der Waals surface area contributed by atoms with Gasteiger partial charge in [0.1, 0.15) is 16.6 Å². The van der Waals surface area contributed by atoms with E-state index in [0.717, 1.165) is 16.6 Å². The summed E-state index contributed by atoms with van der Waals surface area (Å²) in [6.07, 6.45) is 1.20. The van der Waals surface area contributed by atoms with E-state index < -0.39 is 0 Å². The number of rotatable bonds is 4. The zero-order chi connectivity index (χ0) is 11.5. The Morgan fingerprint density at radius 1 is 1.50 bits per heavy atom. The zero-order valence-electron chi connectivity index (χ0n) is 9.24. The van der Waals surface area contributed by atoms with Gasteiger partial charge in [-0.1, -0.05) is 18.5 Å². The Labute approximate surface area is 103 Å². The van der Waals surface area contributed by atoms with Crippen LogP contribution in [0.4, 0.5) is 0 Å². The molecule has 0 aromatic carbocycles. The highest BCUT2D eigenvalue weighted by Crippen LogP contribution is 2.24. The van der Waals surface area contributed by atoms with E-state index in [1.165, 1.54) is 0 Å². The van der Waals surface area contributed by atoms with Gasteiger partial charge in [-0.25, -0.2) is 9.97 Å². The van der Waals surface area contributed by atoms with E-state index in [1.807, 2.05) is 18.4 Å². The monoisotopic (exact) mass is 256 g/mol. The van der Waals surface area contributed by atoms with Crippen molar-refractivity contribution in [1.82, 2.24) is 9.97 Å². The van der Waals surface area contributed by atoms with Crippen LogP contribution in [0.5, 0.6) is 0 Å². The van der Waals surface area contributed by atoms with E-state index in [4.69, 9.17) is 16.3 Å². The molecule has 0 aliphatic heterocycles. The van der Waals surface area contributed by atoms with E-state index in [0.29, 0.717) is 17.6 Å². The van der Waals surface area contributed by atoms with Crippen molar-refractivity contribution in [3.63, 3.8) is 0 Å². The number of hydrogen-bond acceptors (Lipinski definition) is 4. The molecule has 0 bridgehead atoms. The van der Waals surface area contributed by atoms with Crippen LogP contribution >= 0.6 is 22.9 Å². The predicted octanol–water partition coefficient (Wildman–Crippen LogP) is 3.66. The average molecular weight is 257 g/mol. The first kappa shape index (κ1) is 11.8. The summed E-state index contributed by atoms with van der Waals surface area (Å²) in [6.45, 7) is 4.54. The van der Waals surface area contributed by atoms with Gasteiger partial charge >= 0.3 is 0 Å². The van der Waals surface area contributed by atoms with Gasteiger partial charge in [-0.05, 0) is 24.8 Å². The maximum Gasteiger partial charge on any atom is 0.157 e. The van der Waals surface area contributed by atoms with Gasteiger partial charge in [-0.3, -0.25) is 0 Å². The zero-order valence-corrected chi connectivity index (χ0v) is 10.8. The molecule has 0 N–H and O–H groups in total. The molecule has 5 heteroatoms. The minimum atomic E-state index is 0.224. The number of aromatic nitrogens is 2. The molecule has 2 aromatic rings. The molecule has 2 aromatic heterocycles. The van der Waals surface area contributed by atoms with Crippen LogP contribution in [0.3, 0.4) is 0 Å². The van der Waals surface area contributed by atoms with E-state index >= 15 is 0 Å². The van der Waals surface area contributed by atoms with Gasteiger partial charge in [-0.2, -0.15) is 0 Å². The summed E-state index contributed by atoms with van der Waals surface area (Å²) in [5.41, 5.74) is 0. The summed E-state index contributed by atoms with van der Waals surface area (Å²) < 4.78 is 5.58. The molecule has 2 rings (SSSR count). The summed E-state index contributed by atoms with van der Waals surface area (Å²) in [5, 5.41) is 3.39. The molecule has 1 unspecified atom stereocenters. The van der Waals surface area contributed by atoms with Gasteiger partial charge in [-0.15, -0.1) is 11.3 Å². The Kier molecular flexibility index (Phi) is 3.74.